The summed E-state index contributed by atoms with van der Waals surface area (Å²) >= 11 is 0. The van der Waals surface area contributed by atoms with Crippen LogP contribution in [0.2, 0.25) is 0 Å². The molecule has 1 unspecified atom stereocenters. The van der Waals surface area contributed by atoms with E-state index in [4.69, 9.17) is 0 Å². The van der Waals surface area contributed by atoms with Gasteiger partial charge in [0.25, 0.3) is 5.91 Å². The Hall–Kier alpha value is -1.40. The van der Waals surface area contributed by atoms with Crippen molar-refractivity contribution in [2.45, 2.75) is 51.9 Å². The fourth-order valence-electron chi connectivity index (χ4n) is 2.29. The second kappa shape index (κ2) is 9.79. The van der Waals surface area contributed by atoms with E-state index in [1.54, 1.807) is 12.1 Å². The van der Waals surface area contributed by atoms with E-state index in [-0.39, 0.29) is 10.8 Å². The Bertz CT molecular complexity index is 606. The van der Waals surface area contributed by atoms with Crippen molar-refractivity contribution in [2.75, 3.05) is 19.6 Å². The standard InChI is InChI=1S/C18H30N2O3S/c1-5-12-20(13-6-2)24(22,23)17-10-8-16(9-11-17)18(21)19-14-15(4)7-3/h8-11,15H,5-7,12-14H2,1-4H3,(H,19,21). The van der Waals surface area contributed by atoms with E-state index in [1.165, 1.54) is 16.4 Å². The Labute approximate surface area is 146 Å². The van der Waals surface area contributed by atoms with E-state index >= 15 is 0 Å². The van der Waals surface area contributed by atoms with Crippen molar-refractivity contribution in [3.63, 3.8) is 0 Å². The summed E-state index contributed by atoms with van der Waals surface area (Å²) in [6, 6.07) is 6.20. The van der Waals surface area contributed by atoms with Crippen LogP contribution in [0.25, 0.3) is 0 Å². The number of nitrogens with zero attached hydrogens (tertiary/aromatic N) is 1. The molecule has 1 aromatic rings. The molecule has 1 N–H and O–H groups in total. The lowest BCUT2D eigenvalue weighted by molar-refractivity contribution is 0.0947. The van der Waals surface area contributed by atoms with Crippen LogP contribution in [-0.2, 0) is 10.0 Å². The third kappa shape index (κ3) is 5.60. The lowest BCUT2D eigenvalue weighted by Crippen LogP contribution is -2.32. The molecule has 24 heavy (non-hydrogen) atoms. The predicted octanol–water partition coefficient (Wildman–Crippen LogP) is 3.27. The van der Waals surface area contributed by atoms with Gasteiger partial charge in [-0.1, -0.05) is 34.1 Å². The van der Waals surface area contributed by atoms with Gasteiger partial charge in [0, 0.05) is 25.2 Å². The number of hydrogen-bond acceptors (Lipinski definition) is 3. The van der Waals surface area contributed by atoms with Gasteiger partial charge in [-0.2, -0.15) is 4.31 Å². The summed E-state index contributed by atoms with van der Waals surface area (Å²) in [6.45, 7) is 9.71. The molecule has 0 saturated carbocycles. The molecule has 0 saturated heterocycles. The zero-order valence-corrected chi connectivity index (χ0v) is 16.0. The van der Waals surface area contributed by atoms with Gasteiger partial charge in [0.05, 0.1) is 4.90 Å². The first kappa shape index (κ1) is 20.6. The molecule has 1 aromatic carbocycles. The Morgan fingerprint density at radius 2 is 1.62 bits per heavy atom. The highest BCUT2D eigenvalue weighted by Gasteiger charge is 2.23. The molecule has 1 rings (SSSR count). The largest absolute Gasteiger partial charge is 0.352 e. The zero-order chi connectivity index (χ0) is 18.2. The topological polar surface area (TPSA) is 66.5 Å². The van der Waals surface area contributed by atoms with Crippen LogP contribution in [0.1, 0.15) is 57.3 Å². The summed E-state index contributed by atoms with van der Waals surface area (Å²) in [7, 11) is -3.50. The summed E-state index contributed by atoms with van der Waals surface area (Å²) in [4.78, 5) is 12.3. The number of hydrogen-bond donors (Lipinski definition) is 1. The Kier molecular flexibility index (Phi) is 8.42. The van der Waals surface area contributed by atoms with Crippen LogP contribution in [0.15, 0.2) is 29.2 Å². The van der Waals surface area contributed by atoms with E-state index in [2.05, 4.69) is 19.2 Å². The third-order valence-electron chi connectivity index (χ3n) is 4.01. The number of nitrogens with one attached hydrogen (secondary N) is 1. The van der Waals surface area contributed by atoms with Crippen LogP contribution < -0.4 is 5.32 Å². The van der Waals surface area contributed by atoms with Crippen molar-refractivity contribution in [2.24, 2.45) is 5.92 Å². The van der Waals surface area contributed by atoms with Crippen LogP contribution in [0.4, 0.5) is 0 Å². The summed E-state index contributed by atoms with van der Waals surface area (Å²) in [5.74, 6) is 0.253. The summed E-state index contributed by atoms with van der Waals surface area (Å²) in [5, 5.41) is 2.87. The minimum atomic E-state index is -3.50. The first-order valence-corrected chi connectivity index (χ1v) is 10.2. The number of carbonyl (C=O) groups excluding carboxylic acids is 1. The molecular formula is C18H30N2O3S. The molecule has 0 heterocycles. The van der Waals surface area contributed by atoms with E-state index in [0.717, 1.165) is 19.3 Å². The quantitative estimate of drug-likeness (QED) is 0.701. The molecular weight excluding hydrogens is 324 g/mol. The molecule has 0 aliphatic rings. The first-order chi connectivity index (χ1) is 11.4. The lowest BCUT2D eigenvalue weighted by Gasteiger charge is -2.21. The van der Waals surface area contributed by atoms with Gasteiger partial charge in [-0.05, 0) is 43.0 Å². The highest BCUT2D eigenvalue weighted by atomic mass is 32.2. The second-order valence-corrected chi connectivity index (χ2v) is 8.09. The number of rotatable bonds is 10. The van der Waals surface area contributed by atoms with Crippen molar-refractivity contribution >= 4 is 15.9 Å². The van der Waals surface area contributed by atoms with E-state index < -0.39 is 10.0 Å². The smallest absolute Gasteiger partial charge is 0.251 e. The highest BCUT2D eigenvalue weighted by Crippen LogP contribution is 2.17. The molecule has 1 atom stereocenters. The summed E-state index contributed by atoms with van der Waals surface area (Å²) in [6.07, 6.45) is 2.55. The van der Waals surface area contributed by atoms with Gasteiger partial charge in [-0.15, -0.1) is 0 Å². The van der Waals surface area contributed by atoms with Crippen molar-refractivity contribution in [1.82, 2.24) is 9.62 Å². The zero-order valence-electron chi connectivity index (χ0n) is 15.2. The van der Waals surface area contributed by atoms with Crippen LogP contribution in [0.3, 0.4) is 0 Å². The first-order valence-electron chi connectivity index (χ1n) is 8.75. The van der Waals surface area contributed by atoms with Crippen LogP contribution in [0, 0.1) is 5.92 Å². The number of benzene rings is 1. The van der Waals surface area contributed by atoms with Crippen molar-refractivity contribution in [3.05, 3.63) is 29.8 Å². The fraction of sp³-hybridized carbons (Fsp3) is 0.611. The molecule has 1 amide bonds. The van der Waals surface area contributed by atoms with Gasteiger partial charge in [0.15, 0.2) is 0 Å². The normalized spacial score (nSPS) is 13.0. The predicted molar refractivity (Wildman–Crippen MR) is 97.6 cm³/mol. The van der Waals surface area contributed by atoms with Gasteiger partial charge >= 0.3 is 0 Å². The number of carbonyl (C=O) groups is 1. The molecule has 0 spiro atoms. The molecule has 0 aliphatic carbocycles. The van der Waals surface area contributed by atoms with Gasteiger partial charge in [0.1, 0.15) is 0 Å². The molecule has 0 fully saturated rings. The average Bonchev–Trinajstić information content (AvgIpc) is 2.59. The maximum atomic E-state index is 12.7. The average molecular weight is 355 g/mol. The Balaban J connectivity index is 2.87. The molecule has 5 nitrogen and oxygen atoms in total. The second-order valence-electron chi connectivity index (χ2n) is 6.15. The van der Waals surface area contributed by atoms with Crippen LogP contribution in [0.5, 0.6) is 0 Å². The maximum absolute atomic E-state index is 12.7. The van der Waals surface area contributed by atoms with Crippen LogP contribution >= 0.6 is 0 Å². The molecule has 0 radical (unpaired) electrons. The summed E-state index contributed by atoms with van der Waals surface area (Å²) < 4.78 is 26.9. The van der Waals surface area contributed by atoms with Crippen molar-refractivity contribution in [1.29, 1.82) is 0 Å². The van der Waals surface area contributed by atoms with Crippen LogP contribution in [-0.4, -0.2) is 38.3 Å². The van der Waals surface area contributed by atoms with E-state index in [9.17, 15) is 13.2 Å². The van der Waals surface area contributed by atoms with Crippen molar-refractivity contribution < 1.29 is 13.2 Å². The van der Waals surface area contributed by atoms with Gasteiger partial charge in [-0.25, -0.2) is 8.42 Å². The van der Waals surface area contributed by atoms with E-state index in [0.29, 0.717) is 31.1 Å². The molecule has 0 aliphatic heterocycles. The van der Waals surface area contributed by atoms with Gasteiger partial charge in [0.2, 0.25) is 10.0 Å². The van der Waals surface area contributed by atoms with Gasteiger partial charge in [-0.3, -0.25) is 4.79 Å². The third-order valence-corrected chi connectivity index (χ3v) is 5.92. The molecule has 6 heteroatoms. The highest BCUT2D eigenvalue weighted by molar-refractivity contribution is 7.89. The summed E-state index contributed by atoms with van der Waals surface area (Å²) in [5.41, 5.74) is 0.481. The number of sulfonamides is 1. The minimum Gasteiger partial charge on any atom is -0.352 e. The molecule has 0 aromatic heterocycles. The van der Waals surface area contributed by atoms with Gasteiger partial charge < -0.3 is 5.32 Å². The fourth-order valence-corrected chi connectivity index (χ4v) is 3.92. The number of amides is 1. The minimum absolute atomic E-state index is 0.168. The molecule has 136 valence electrons. The Morgan fingerprint density at radius 1 is 1.08 bits per heavy atom. The maximum Gasteiger partial charge on any atom is 0.251 e. The van der Waals surface area contributed by atoms with Crippen molar-refractivity contribution in [3.8, 4) is 0 Å². The molecule has 0 bridgehead atoms. The lowest BCUT2D eigenvalue weighted by atomic mass is 10.1. The SMILES string of the molecule is CCCN(CCC)S(=O)(=O)c1ccc(C(=O)NCC(C)CC)cc1. The van der Waals surface area contributed by atoms with E-state index in [1.807, 2.05) is 13.8 Å². The Morgan fingerprint density at radius 3 is 2.08 bits per heavy atom. The monoisotopic (exact) mass is 354 g/mol.